The Morgan fingerprint density at radius 3 is 2.11 bits per heavy atom. The van der Waals surface area contributed by atoms with Crippen LogP contribution in [-0.2, 0) is 11.3 Å². The number of benzene rings is 2. The maximum absolute atomic E-state index is 13.1. The normalized spacial score (nSPS) is 20.8. The van der Waals surface area contributed by atoms with Crippen LogP contribution in [-0.4, -0.2) is 35.2 Å². The lowest BCUT2D eigenvalue weighted by Crippen LogP contribution is -2.33. The predicted molar refractivity (Wildman–Crippen MR) is 97.3 cm³/mol. The summed E-state index contributed by atoms with van der Waals surface area (Å²) in [7, 11) is 0. The molecule has 1 aliphatic heterocycles. The Bertz CT molecular complexity index is 810. The molecule has 27 heavy (non-hydrogen) atoms. The van der Waals surface area contributed by atoms with Gasteiger partial charge in [0.2, 0.25) is 0 Å². The molecule has 1 fully saturated rings. The van der Waals surface area contributed by atoms with Crippen LogP contribution >= 0.6 is 0 Å². The van der Waals surface area contributed by atoms with Gasteiger partial charge in [0.25, 0.3) is 0 Å². The molecule has 0 bridgehead atoms. The predicted octanol–water partition coefficient (Wildman–Crippen LogP) is 4.67. The highest BCUT2D eigenvalue weighted by Crippen LogP contribution is 2.38. The topological polar surface area (TPSA) is 40.5 Å². The van der Waals surface area contributed by atoms with Gasteiger partial charge >= 0.3 is 12.1 Å². The van der Waals surface area contributed by atoms with Gasteiger partial charge in [0.1, 0.15) is 0 Å². The lowest BCUT2D eigenvalue weighted by molar-refractivity contribution is -0.188. The summed E-state index contributed by atoms with van der Waals surface area (Å²) in [6.45, 7) is 4.02. The third kappa shape index (κ3) is 4.50. The van der Waals surface area contributed by atoms with E-state index in [-0.39, 0.29) is 13.1 Å². The van der Waals surface area contributed by atoms with Crippen LogP contribution in [0.25, 0.3) is 11.1 Å². The van der Waals surface area contributed by atoms with Gasteiger partial charge in [-0.15, -0.1) is 0 Å². The third-order valence-electron chi connectivity index (χ3n) is 5.05. The molecule has 2 aromatic carbocycles. The molecule has 1 saturated heterocycles. The summed E-state index contributed by atoms with van der Waals surface area (Å²) in [5.74, 6) is -4.60. The number of carboxylic acid groups (broad SMARTS) is 1. The summed E-state index contributed by atoms with van der Waals surface area (Å²) in [4.78, 5) is 12.8. The van der Waals surface area contributed by atoms with Crippen molar-refractivity contribution in [1.29, 1.82) is 0 Å². The molecule has 2 atom stereocenters. The molecule has 1 N–H and O–H groups in total. The van der Waals surface area contributed by atoms with Crippen molar-refractivity contribution in [2.45, 2.75) is 26.6 Å². The molecular weight excluding hydrogens is 355 g/mol. The zero-order chi connectivity index (χ0) is 19.8. The molecule has 0 amide bonds. The summed E-state index contributed by atoms with van der Waals surface area (Å²) in [5, 5.41) is 9.11. The van der Waals surface area contributed by atoms with Crippen molar-refractivity contribution in [3.8, 4) is 11.1 Å². The van der Waals surface area contributed by atoms with Gasteiger partial charge in [-0.05, 0) is 30.5 Å². The van der Waals surface area contributed by atoms with Crippen LogP contribution in [0.15, 0.2) is 42.5 Å². The molecule has 3 nitrogen and oxygen atoms in total. The van der Waals surface area contributed by atoms with Gasteiger partial charge in [0, 0.05) is 19.6 Å². The molecule has 144 valence electrons. The molecule has 0 radical (unpaired) electrons. The fraction of sp³-hybridized carbons (Fsp3) is 0.381. The second-order valence-corrected chi connectivity index (χ2v) is 7.36. The van der Waals surface area contributed by atoms with Crippen LogP contribution in [0.5, 0.6) is 0 Å². The minimum atomic E-state index is -4.50. The number of alkyl halides is 3. The second kappa shape index (κ2) is 7.35. The van der Waals surface area contributed by atoms with Crippen LogP contribution in [0.4, 0.5) is 13.2 Å². The summed E-state index contributed by atoms with van der Waals surface area (Å²) >= 11 is 0. The number of rotatable bonds is 4. The number of hydrogen-bond donors (Lipinski definition) is 1. The highest BCUT2D eigenvalue weighted by molar-refractivity contribution is 5.71. The monoisotopic (exact) mass is 377 g/mol. The van der Waals surface area contributed by atoms with Crippen molar-refractivity contribution in [2.24, 2.45) is 11.8 Å². The molecule has 6 heteroatoms. The maximum atomic E-state index is 13.1. The van der Waals surface area contributed by atoms with Crippen molar-refractivity contribution >= 4 is 5.97 Å². The maximum Gasteiger partial charge on any atom is 0.393 e. The van der Waals surface area contributed by atoms with E-state index < -0.39 is 24.0 Å². The SMILES string of the molecule is Cc1cc(C)cc(-c2ccc(CN3C[C@@H](C(F)(F)F)[C@H](C(=O)O)C3)cc2)c1. The smallest absolute Gasteiger partial charge is 0.393 e. The number of halogens is 3. The van der Waals surface area contributed by atoms with Crippen molar-refractivity contribution in [3.05, 3.63) is 59.2 Å². The molecule has 0 saturated carbocycles. The highest BCUT2D eigenvalue weighted by Gasteiger charge is 2.52. The summed E-state index contributed by atoms with van der Waals surface area (Å²) in [5.41, 5.74) is 5.36. The molecule has 0 aliphatic carbocycles. The van der Waals surface area contributed by atoms with E-state index in [9.17, 15) is 18.0 Å². The van der Waals surface area contributed by atoms with Gasteiger partial charge < -0.3 is 5.11 Å². The van der Waals surface area contributed by atoms with Gasteiger partial charge in [-0.3, -0.25) is 9.69 Å². The molecule has 3 rings (SSSR count). The van der Waals surface area contributed by atoms with Crippen molar-refractivity contribution in [1.82, 2.24) is 4.90 Å². The van der Waals surface area contributed by atoms with E-state index in [4.69, 9.17) is 5.11 Å². The number of likely N-dealkylation sites (tertiary alicyclic amines) is 1. The minimum absolute atomic E-state index is 0.0850. The largest absolute Gasteiger partial charge is 0.481 e. The summed E-state index contributed by atoms with van der Waals surface area (Å²) in [6.07, 6.45) is -4.50. The van der Waals surface area contributed by atoms with E-state index in [1.54, 1.807) is 4.90 Å². The average Bonchev–Trinajstić information content (AvgIpc) is 2.99. The van der Waals surface area contributed by atoms with Crippen LogP contribution in [0, 0.1) is 25.7 Å². The van der Waals surface area contributed by atoms with Crippen molar-refractivity contribution in [3.63, 3.8) is 0 Å². The minimum Gasteiger partial charge on any atom is -0.481 e. The van der Waals surface area contributed by atoms with Gasteiger partial charge in [0.15, 0.2) is 0 Å². The summed E-state index contributed by atoms with van der Waals surface area (Å²) < 4.78 is 39.3. The van der Waals surface area contributed by atoms with E-state index in [1.165, 1.54) is 11.1 Å². The Labute approximate surface area is 156 Å². The van der Waals surface area contributed by atoms with Crippen LogP contribution in [0.1, 0.15) is 16.7 Å². The Hall–Kier alpha value is -2.34. The van der Waals surface area contributed by atoms with Crippen LogP contribution < -0.4 is 0 Å². The quantitative estimate of drug-likeness (QED) is 0.842. The number of aryl methyl sites for hydroxylation is 2. The van der Waals surface area contributed by atoms with E-state index >= 15 is 0 Å². The van der Waals surface area contributed by atoms with E-state index in [0.29, 0.717) is 6.54 Å². The van der Waals surface area contributed by atoms with Crippen LogP contribution in [0.3, 0.4) is 0 Å². The van der Waals surface area contributed by atoms with E-state index in [1.807, 2.05) is 38.1 Å². The Balaban J connectivity index is 1.72. The average molecular weight is 377 g/mol. The third-order valence-corrected chi connectivity index (χ3v) is 5.05. The fourth-order valence-electron chi connectivity index (χ4n) is 3.80. The van der Waals surface area contributed by atoms with Crippen molar-refractivity contribution in [2.75, 3.05) is 13.1 Å². The van der Waals surface area contributed by atoms with Gasteiger partial charge in [-0.2, -0.15) is 13.2 Å². The summed E-state index contributed by atoms with van der Waals surface area (Å²) in [6, 6.07) is 14.0. The molecule has 1 heterocycles. The first-order valence-electron chi connectivity index (χ1n) is 8.83. The van der Waals surface area contributed by atoms with E-state index in [0.717, 1.165) is 16.7 Å². The van der Waals surface area contributed by atoms with Gasteiger partial charge in [0.05, 0.1) is 11.8 Å². The lowest BCUT2D eigenvalue weighted by Gasteiger charge is -2.18. The number of aliphatic carboxylic acids is 1. The van der Waals surface area contributed by atoms with Gasteiger partial charge in [-0.1, -0.05) is 53.6 Å². The lowest BCUT2D eigenvalue weighted by atomic mass is 9.96. The Kier molecular flexibility index (Phi) is 5.29. The number of hydrogen-bond acceptors (Lipinski definition) is 2. The molecule has 2 aromatic rings. The standard InChI is InChI=1S/C21H22F3NO2/c1-13-7-14(2)9-17(8-13)16-5-3-15(4-6-16)10-25-11-18(20(26)27)19(12-25)21(22,23)24/h3-9,18-19H,10-12H2,1-2H3,(H,26,27)/t18-,19-/m1/s1. The first-order valence-corrected chi connectivity index (χ1v) is 8.83. The molecule has 1 aliphatic rings. The Morgan fingerprint density at radius 1 is 1.04 bits per heavy atom. The van der Waals surface area contributed by atoms with Crippen molar-refractivity contribution < 1.29 is 23.1 Å². The van der Waals surface area contributed by atoms with Gasteiger partial charge in [-0.25, -0.2) is 0 Å². The molecule has 0 spiro atoms. The Morgan fingerprint density at radius 2 is 1.63 bits per heavy atom. The fourth-order valence-corrected chi connectivity index (χ4v) is 3.80. The number of carbonyl (C=O) groups is 1. The highest BCUT2D eigenvalue weighted by atomic mass is 19.4. The zero-order valence-electron chi connectivity index (χ0n) is 15.3. The molecule has 0 unspecified atom stereocenters. The number of carboxylic acids is 1. The zero-order valence-corrected chi connectivity index (χ0v) is 15.3. The first kappa shape index (κ1) is 19.4. The number of nitrogens with zero attached hydrogens (tertiary/aromatic N) is 1. The molecule has 0 aromatic heterocycles. The van der Waals surface area contributed by atoms with E-state index in [2.05, 4.69) is 18.2 Å². The van der Waals surface area contributed by atoms with Crippen LogP contribution in [0.2, 0.25) is 0 Å². The molecular formula is C21H22F3NO2. The second-order valence-electron chi connectivity index (χ2n) is 7.36. The first-order chi connectivity index (χ1) is 12.6.